The van der Waals surface area contributed by atoms with Crippen molar-refractivity contribution in [2.75, 3.05) is 47.5 Å². The molecule has 60 heavy (non-hydrogen) atoms. The van der Waals surface area contributed by atoms with Gasteiger partial charge in [0.1, 0.15) is 19.8 Å². The Morgan fingerprint density at radius 3 is 1.48 bits per heavy atom. The van der Waals surface area contributed by atoms with Crippen LogP contribution in [0.25, 0.3) is 0 Å². The summed E-state index contributed by atoms with van der Waals surface area (Å²) >= 11 is 0. The van der Waals surface area contributed by atoms with Crippen molar-refractivity contribution in [3.8, 4) is 0 Å². The summed E-state index contributed by atoms with van der Waals surface area (Å²) in [7, 11) is 1.44. The van der Waals surface area contributed by atoms with Crippen LogP contribution in [0.2, 0.25) is 0 Å². The predicted octanol–water partition coefficient (Wildman–Crippen LogP) is 13.8. The number of quaternary nitrogens is 1. The highest BCUT2D eigenvalue weighted by molar-refractivity contribution is 7.47. The van der Waals surface area contributed by atoms with Crippen LogP contribution < -0.4 is 0 Å². The second kappa shape index (κ2) is 41.8. The van der Waals surface area contributed by atoms with Crippen molar-refractivity contribution in [3.05, 3.63) is 72.9 Å². The number of unbranched alkanes of at least 4 members (excludes halogenated alkanes) is 16. The van der Waals surface area contributed by atoms with Gasteiger partial charge in [0.15, 0.2) is 6.10 Å². The Kier molecular flexibility index (Phi) is 40.0. The highest BCUT2D eigenvalue weighted by atomic mass is 31.2. The molecule has 1 N–H and O–H groups in total. The molecule has 0 aromatic rings. The number of esters is 2. The summed E-state index contributed by atoms with van der Waals surface area (Å²) in [6.07, 6.45) is 52.4. The molecule has 1 unspecified atom stereocenters. The van der Waals surface area contributed by atoms with Crippen molar-refractivity contribution in [1.29, 1.82) is 0 Å². The molecular formula is C50H89NO8P+. The summed E-state index contributed by atoms with van der Waals surface area (Å²) in [5.41, 5.74) is 0. The molecule has 10 heteroatoms. The number of nitrogens with zero attached hydrogens (tertiary/aromatic N) is 1. The standard InChI is InChI=1S/C50H88NO8P/c1-6-8-10-12-14-16-18-20-22-24-25-27-29-31-33-35-37-39-41-43-50(53)59-48(47-58-60(54,55)57-45-44-51(3,4)5)46-56-49(52)42-40-38-36-34-32-30-28-26-23-21-19-17-15-13-11-9-7-2/h9,11,15,17,20-23,28,30,34,36,48H,6-8,10,12-14,16,18-19,24-27,29,31-33,35,37-47H2,1-5H3/p+1/b11-9-,17-15-,22-20-,23-21-,30-28-,36-34-/t48-/m1/s1. The van der Waals surface area contributed by atoms with E-state index in [0.717, 1.165) is 57.8 Å². The maximum Gasteiger partial charge on any atom is 0.472 e. The maximum absolute atomic E-state index is 12.7. The number of phosphoric ester groups is 1. The molecule has 0 aromatic carbocycles. The lowest BCUT2D eigenvalue weighted by Crippen LogP contribution is -2.37. The van der Waals surface area contributed by atoms with Gasteiger partial charge in [-0.25, -0.2) is 4.57 Å². The molecule has 0 spiro atoms. The van der Waals surface area contributed by atoms with E-state index >= 15 is 0 Å². The summed E-state index contributed by atoms with van der Waals surface area (Å²) in [4.78, 5) is 35.4. The summed E-state index contributed by atoms with van der Waals surface area (Å²) in [5, 5.41) is 0. The van der Waals surface area contributed by atoms with Crippen LogP contribution in [0.15, 0.2) is 72.9 Å². The van der Waals surface area contributed by atoms with Gasteiger partial charge in [-0.3, -0.25) is 18.6 Å². The summed E-state index contributed by atoms with van der Waals surface area (Å²) in [6, 6.07) is 0. The first-order chi connectivity index (χ1) is 29.0. The molecule has 0 amide bonds. The van der Waals surface area contributed by atoms with E-state index in [0.29, 0.717) is 23.9 Å². The third kappa shape index (κ3) is 45.0. The number of carbonyl (C=O) groups excluding carboxylic acids is 2. The minimum atomic E-state index is -4.39. The average Bonchev–Trinajstić information content (AvgIpc) is 3.20. The first-order valence-electron chi connectivity index (χ1n) is 23.7. The van der Waals surface area contributed by atoms with Gasteiger partial charge in [0.25, 0.3) is 0 Å². The molecule has 0 aromatic heterocycles. The second-order valence-corrected chi connectivity index (χ2v) is 18.2. The van der Waals surface area contributed by atoms with Crippen LogP contribution in [0.1, 0.15) is 181 Å². The Balaban J connectivity index is 4.40. The Morgan fingerprint density at radius 1 is 0.533 bits per heavy atom. The van der Waals surface area contributed by atoms with Crippen LogP contribution >= 0.6 is 7.82 Å². The molecule has 0 fully saturated rings. The van der Waals surface area contributed by atoms with Gasteiger partial charge < -0.3 is 18.9 Å². The molecule has 9 nitrogen and oxygen atoms in total. The van der Waals surface area contributed by atoms with E-state index in [-0.39, 0.29) is 26.1 Å². The third-order valence-corrected chi connectivity index (χ3v) is 10.7. The molecule has 0 radical (unpaired) electrons. The fourth-order valence-electron chi connectivity index (χ4n) is 6.04. The van der Waals surface area contributed by atoms with Gasteiger partial charge in [-0.2, -0.15) is 0 Å². The fraction of sp³-hybridized carbons (Fsp3) is 0.720. The largest absolute Gasteiger partial charge is 0.472 e. The van der Waals surface area contributed by atoms with Gasteiger partial charge in [-0.05, 0) is 77.0 Å². The quantitative estimate of drug-likeness (QED) is 0.0212. The Bertz CT molecular complexity index is 1250. The van der Waals surface area contributed by atoms with Crippen LogP contribution in [0.5, 0.6) is 0 Å². The molecule has 0 aliphatic rings. The Labute approximate surface area is 368 Å². The zero-order chi connectivity index (χ0) is 44.3. The number of hydrogen-bond acceptors (Lipinski definition) is 7. The molecule has 0 heterocycles. The highest BCUT2D eigenvalue weighted by Gasteiger charge is 2.27. The normalized spacial score (nSPS) is 14.2. The lowest BCUT2D eigenvalue weighted by molar-refractivity contribution is -0.870. The molecule has 0 aliphatic carbocycles. The van der Waals surface area contributed by atoms with Crippen molar-refractivity contribution >= 4 is 19.8 Å². The van der Waals surface area contributed by atoms with Gasteiger partial charge >= 0.3 is 19.8 Å². The SMILES string of the molecule is CC/C=C\C/C=C\C/C=C\C/C=C\C/C=C\CCCC(=O)OC[C@H](COP(=O)(O)OCC[N+](C)(C)C)OC(=O)CCCCCCCCCCC/C=C\CCCCCCCC. The molecule has 0 bridgehead atoms. The molecule has 0 saturated heterocycles. The van der Waals surface area contributed by atoms with Crippen molar-refractivity contribution in [3.63, 3.8) is 0 Å². The minimum absolute atomic E-state index is 0.0194. The lowest BCUT2D eigenvalue weighted by atomic mass is 10.1. The fourth-order valence-corrected chi connectivity index (χ4v) is 6.79. The maximum atomic E-state index is 12.7. The summed E-state index contributed by atoms with van der Waals surface area (Å²) < 4.78 is 34.3. The van der Waals surface area contributed by atoms with Crippen LogP contribution in [0, 0.1) is 0 Å². The summed E-state index contributed by atoms with van der Waals surface area (Å²) in [6.45, 7) is 4.23. The first kappa shape index (κ1) is 57.4. The van der Waals surface area contributed by atoms with Crippen molar-refractivity contribution in [1.82, 2.24) is 0 Å². The Morgan fingerprint density at radius 2 is 0.967 bits per heavy atom. The smallest absolute Gasteiger partial charge is 0.462 e. The number of hydrogen-bond donors (Lipinski definition) is 1. The molecule has 0 rings (SSSR count). The third-order valence-electron chi connectivity index (χ3n) is 9.72. The van der Waals surface area contributed by atoms with E-state index in [9.17, 15) is 19.0 Å². The second-order valence-electron chi connectivity index (χ2n) is 16.8. The minimum Gasteiger partial charge on any atom is -0.462 e. The molecule has 2 atom stereocenters. The average molecular weight is 863 g/mol. The van der Waals surface area contributed by atoms with Gasteiger partial charge in [-0.15, -0.1) is 0 Å². The van der Waals surface area contributed by atoms with E-state index < -0.39 is 32.5 Å². The lowest BCUT2D eigenvalue weighted by Gasteiger charge is -2.24. The number of carbonyl (C=O) groups is 2. The number of rotatable bonds is 42. The van der Waals surface area contributed by atoms with Crippen LogP contribution in [0.3, 0.4) is 0 Å². The van der Waals surface area contributed by atoms with Gasteiger partial charge in [0.2, 0.25) is 0 Å². The van der Waals surface area contributed by atoms with Gasteiger partial charge in [0, 0.05) is 12.8 Å². The topological polar surface area (TPSA) is 108 Å². The van der Waals surface area contributed by atoms with Gasteiger partial charge in [-0.1, -0.05) is 164 Å². The van der Waals surface area contributed by atoms with E-state index in [4.69, 9.17) is 18.5 Å². The van der Waals surface area contributed by atoms with Gasteiger partial charge in [0.05, 0.1) is 27.7 Å². The Hall–Kier alpha value is -2.55. The van der Waals surface area contributed by atoms with E-state index in [1.54, 1.807) is 0 Å². The number of likely N-dealkylation sites (N-methyl/N-ethyl adjacent to an activating group) is 1. The number of phosphoric acid groups is 1. The molecule has 346 valence electrons. The van der Waals surface area contributed by atoms with E-state index in [2.05, 4.69) is 86.8 Å². The van der Waals surface area contributed by atoms with E-state index in [1.807, 2.05) is 21.1 Å². The molecular weight excluding hydrogens is 774 g/mol. The molecule has 0 aliphatic heterocycles. The van der Waals surface area contributed by atoms with Crippen molar-refractivity contribution < 1.29 is 42.1 Å². The monoisotopic (exact) mass is 863 g/mol. The number of allylic oxidation sites excluding steroid dienone is 12. The summed E-state index contributed by atoms with van der Waals surface area (Å²) in [5.74, 6) is -0.872. The zero-order valence-electron chi connectivity index (χ0n) is 38.9. The molecule has 0 saturated carbocycles. The van der Waals surface area contributed by atoms with Crippen LogP contribution in [0.4, 0.5) is 0 Å². The zero-order valence-corrected chi connectivity index (χ0v) is 39.8. The first-order valence-corrected chi connectivity index (χ1v) is 25.2. The highest BCUT2D eigenvalue weighted by Crippen LogP contribution is 2.43. The van der Waals surface area contributed by atoms with Crippen molar-refractivity contribution in [2.45, 2.75) is 187 Å². The van der Waals surface area contributed by atoms with Crippen LogP contribution in [-0.4, -0.2) is 74.9 Å². The van der Waals surface area contributed by atoms with Crippen LogP contribution in [-0.2, 0) is 32.7 Å². The van der Waals surface area contributed by atoms with Crippen molar-refractivity contribution in [2.24, 2.45) is 0 Å². The number of ether oxygens (including phenoxy) is 2. The van der Waals surface area contributed by atoms with E-state index in [1.165, 1.54) is 83.5 Å². The predicted molar refractivity (Wildman–Crippen MR) is 252 cm³/mol.